The molecule has 1 aromatic rings. The number of nitrogens with zero attached hydrogens (tertiary/aromatic N) is 1. The maximum atomic E-state index is 12.9. The van der Waals surface area contributed by atoms with Crippen molar-refractivity contribution in [2.24, 2.45) is 0 Å². The summed E-state index contributed by atoms with van der Waals surface area (Å²) in [5.74, 6) is -0.988. The maximum Gasteiger partial charge on any atom is 0.346 e. The van der Waals surface area contributed by atoms with Crippen LogP contribution in [-0.4, -0.2) is 49.1 Å². The summed E-state index contributed by atoms with van der Waals surface area (Å²) in [4.78, 5) is 40.0. The Kier molecular flexibility index (Phi) is 7.40. The minimum Gasteiger partial charge on any atom is -0.494 e. The molecule has 0 saturated carbocycles. The molecule has 0 unspecified atom stereocenters. The molecule has 0 saturated heterocycles. The Labute approximate surface area is 206 Å². The Balaban J connectivity index is 2.27. The Bertz CT molecular complexity index is 1110. The van der Waals surface area contributed by atoms with E-state index in [9.17, 15) is 14.4 Å². The zero-order valence-corrected chi connectivity index (χ0v) is 21.3. The number of fused-ring (bicyclic) bond motifs is 1. The second kappa shape index (κ2) is 9.74. The van der Waals surface area contributed by atoms with Crippen molar-refractivity contribution >= 4 is 69.7 Å². The molecular formula is C23H23NO6S3. The normalized spacial score (nSPS) is 17.0. The van der Waals surface area contributed by atoms with Crippen molar-refractivity contribution in [1.29, 1.82) is 0 Å². The fourth-order valence-electron chi connectivity index (χ4n) is 3.54. The standard InChI is InChI=1S/C23H23NO6S3/c1-7-15(25)24-14-11-12(30-8-2)9-10-13(14)16(19(31)23(24,3)4)22-32-17(20(26)28-5)18(33-22)21(27)29-6/h7,9-11H,1,8H2,2-6H3. The summed E-state index contributed by atoms with van der Waals surface area (Å²) in [5.41, 5.74) is 1.04. The van der Waals surface area contributed by atoms with Crippen molar-refractivity contribution in [3.05, 3.63) is 50.5 Å². The molecule has 2 aliphatic rings. The van der Waals surface area contributed by atoms with Crippen LogP contribution in [0.1, 0.15) is 26.3 Å². The number of esters is 2. The summed E-state index contributed by atoms with van der Waals surface area (Å²) in [6.07, 6.45) is 1.24. The number of benzene rings is 1. The van der Waals surface area contributed by atoms with Gasteiger partial charge in [0.05, 0.1) is 41.2 Å². The van der Waals surface area contributed by atoms with Crippen LogP contribution in [-0.2, 0) is 23.9 Å². The van der Waals surface area contributed by atoms with Gasteiger partial charge in [-0.1, -0.05) is 42.3 Å². The van der Waals surface area contributed by atoms with Crippen LogP contribution in [0.3, 0.4) is 0 Å². The van der Waals surface area contributed by atoms with Crippen molar-refractivity contribution in [3.8, 4) is 5.75 Å². The van der Waals surface area contributed by atoms with Crippen LogP contribution < -0.4 is 9.64 Å². The summed E-state index contributed by atoms with van der Waals surface area (Å²) in [6, 6.07) is 5.40. The number of thiocarbonyl (C=S) groups is 1. The molecule has 0 N–H and O–H groups in total. The minimum absolute atomic E-state index is 0.134. The van der Waals surface area contributed by atoms with E-state index in [2.05, 4.69) is 6.58 Å². The average Bonchev–Trinajstić information content (AvgIpc) is 3.23. The van der Waals surface area contributed by atoms with Crippen LogP contribution in [0.4, 0.5) is 5.69 Å². The van der Waals surface area contributed by atoms with Gasteiger partial charge in [-0.25, -0.2) is 9.59 Å². The highest BCUT2D eigenvalue weighted by atomic mass is 32.2. The molecule has 7 nitrogen and oxygen atoms in total. The number of rotatable bonds is 5. The van der Waals surface area contributed by atoms with Crippen LogP contribution in [0.15, 0.2) is 44.9 Å². The summed E-state index contributed by atoms with van der Waals surface area (Å²) >= 11 is 8.08. The lowest BCUT2D eigenvalue weighted by molar-refractivity contribution is -0.138. The molecule has 0 fully saturated rings. The van der Waals surface area contributed by atoms with Gasteiger partial charge in [-0.3, -0.25) is 9.69 Å². The van der Waals surface area contributed by atoms with Crippen molar-refractivity contribution in [2.45, 2.75) is 26.3 Å². The largest absolute Gasteiger partial charge is 0.494 e. The molecule has 1 amide bonds. The topological polar surface area (TPSA) is 82.1 Å². The van der Waals surface area contributed by atoms with Gasteiger partial charge in [0.25, 0.3) is 5.91 Å². The SMILES string of the molecule is C=CC(=O)N1c2cc(OCC)ccc2C(=C2SC(C(=O)OC)=C(C(=O)OC)S2)C(=S)C1(C)C. The van der Waals surface area contributed by atoms with Crippen molar-refractivity contribution in [1.82, 2.24) is 0 Å². The Morgan fingerprint density at radius 3 is 2.18 bits per heavy atom. The minimum atomic E-state index is -0.901. The van der Waals surface area contributed by atoms with Gasteiger partial charge in [0.2, 0.25) is 0 Å². The Morgan fingerprint density at radius 1 is 1.12 bits per heavy atom. The zero-order valence-electron chi connectivity index (χ0n) is 18.8. The number of anilines is 1. The second-order valence-corrected chi connectivity index (χ2v) is 10.1. The lowest BCUT2D eigenvalue weighted by atomic mass is 9.83. The molecule has 0 bridgehead atoms. The molecule has 0 spiro atoms. The molecule has 174 valence electrons. The number of thioether (sulfide) groups is 2. The predicted octanol–water partition coefficient (Wildman–Crippen LogP) is 4.47. The molecule has 2 aliphatic heterocycles. The molecular weight excluding hydrogens is 482 g/mol. The summed E-state index contributed by atoms with van der Waals surface area (Å²) in [6.45, 7) is 9.66. The van der Waals surface area contributed by atoms with Crippen molar-refractivity contribution in [3.63, 3.8) is 0 Å². The molecule has 33 heavy (non-hydrogen) atoms. The first kappa shape index (κ1) is 25.1. The number of hydrogen-bond acceptors (Lipinski definition) is 9. The van der Waals surface area contributed by atoms with E-state index >= 15 is 0 Å². The maximum absolute atomic E-state index is 12.9. The van der Waals surface area contributed by atoms with Gasteiger partial charge in [0.1, 0.15) is 15.6 Å². The first-order valence-corrected chi connectivity index (χ1v) is 12.0. The molecule has 0 atom stereocenters. The molecule has 0 aromatic heterocycles. The average molecular weight is 506 g/mol. The van der Waals surface area contributed by atoms with Gasteiger partial charge in [-0.05, 0) is 39.0 Å². The quantitative estimate of drug-likeness (QED) is 0.327. The van der Waals surface area contributed by atoms with Gasteiger partial charge in [0.15, 0.2) is 0 Å². The highest BCUT2D eigenvalue weighted by Gasteiger charge is 2.45. The first-order valence-electron chi connectivity index (χ1n) is 9.91. The van der Waals surface area contributed by atoms with E-state index in [4.69, 9.17) is 26.4 Å². The number of carbonyl (C=O) groups is 3. The summed E-state index contributed by atoms with van der Waals surface area (Å²) < 4.78 is 16.0. The van der Waals surface area contributed by atoms with Gasteiger partial charge in [-0.15, -0.1) is 0 Å². The second-order valence-electron chi connectivity index (χ2n) is 7.39. The molecule has 0 radical (unpaired) electrons. The molecule has 3 rings (SSSR count). The number of amides is 1. The first-order chi connectivity index (χ1) is 15.6. The van der Waals surface area contributed by atoms with Crippen LogP contribution >= 0.6 is 35.7 Å². The lowest BCUT2D eigenvalue weighted by Gasteiger charge is -2.44. The number of carbonyl (C=O) groups excluding carboxylic acids is 3. The molecule has 2 heterocycles. The number of methoxy groups -OCH3 is 2. The zero-order chi connectivity index (χ0) is 24.5. The van der Waals surface area contributed by atoms with Crippen LogP contribution in [0, 0.1) is 0 Å². The number of hydrogen-bond donors (Lipinski definition) is 0. The van der Waals surface area contributed by atoms with E-state index < -0.39 is 17.5 Å². The third-order valence-corrected chi connectivity index (χ3v) is 8.33. The van der Waals surface area contributed by atoms with E-state index in [1.165, 1.54) is 20.3 Å². The molecule has 10 heteroatoms. The van der Waals surface area contributed by atoms with E-state index in [1.54, 1.807) is 17.0 Å². The van der Waals surface area contributed by atoms with Crippen LogP contribution in [0.2, 0.25) is 0 Å². The Morgan fingerprint density at radius 2 is 1.70 bits per heavy atom. The van der Waals surface area contributed by atoms with Gasteiger partial charge >= 0.3 is 11.9 Å². The van der Waals surface area contributed by atoms with E-state index in [0.29, 0.717) is 38.3 Å². The fourth-order valence-corrected chi connectivity index (χ4v) is 6.57. The molecule has 1 aromatic carbocycles. The highest BCUT2D eigenvalue weighted by Crippen LogP contribution is 2.56. The monoisotopic (exact) mass is 505 g/mol. The summed E-state index contributed by atoms with van der Waals surface area (Å²) in [5, 5.41) is 0. The van der Waals surface area contributed by atoms with E-state index in [-0.39, 0.29) is 15.7 Å². The van der Waals surface area contributed by atoms with Gasteiger partial charge < -0.3 is 14.2 Å². The highest BCUT2D eigenvalue weighted by molar-refractivity contribution is 8.29. The Hall–Kier alpha value is -2.56. The van der Waals surface area contributed by atoms with Crippen LogP contribution in [0.5, 0.6) is 5.75 Å². The third kappa shape index (κ3) is 4.34. The van der Waals surface area contributed by atoms with Crippen molar-refractivity contribution < 1.29 is 28.6 Å². The summed E-state index contributed by atoms with van der Waals surface area (Å²) in [7, 11) is 2.50. The van der Waals surface area contributed by atoms with E-state index in [1.807, 2.05) is 26.8 Å². The van der Waals surface area contributed by atoms with E-state index in [0.717, 1.165) is 23.5 Å². The number of ether oxygens (including phenoxy) is 3. The third-order valence-electron chi connectivity index (χ3n) is 5.07. The molecule has 0 aliphatic carbocycles. The van der Waals surface area contributed by atoms with Gasteiger partial charge in [-0.2, -0.15) is 0 Å². The predicted molar refractivity (Wildman–Crippen MR) is 135 cm³/mol. The lowest BCUT2D eigenvalue weighted by Crippen LogP contribution is -2.55. The van der Waals surface area contributed by atoms with Crippen molar-refractivity contribution in [2.75, 3.05) is 25.7 Å². The fraction of sp³-hybridized carbons (Fsp3) is 0.304. The van der Waals surface area contributed by atoms with Crippen LogP contribution in [0.25, 0.3) is 5.57 Å². The van der Waals surface area contributed by atoms with Gasteiger partial charge in [0, 0.05) is 17.2 Å². The smallest absolute Gasteiger partial charge is 0.346 e.